The molecule has 0 unspecified atom stereocenters. The molecule has 0 saturated carbocycles. The first-order valence-corrected chi connectivity index (χ1v) is 9.54. The summed E-state index contributed by atoms with van der Waals surface area (Å²) in [5, 5.41) is 0. The normalized spacial score (nSPS) is 11.6. The molecule has 27 heavy (non-hydrogen) atoms. The quantitative estimate of drug-likeness (QED) is 0.614. The summed E-state index contributed by atoms with van der Waals surface area (Å²) >= 11 is 0. The van der Waals surface area contributed by atoms with Crippen molar-refractivity contribution < 1.29 is 9.53 Å². The second-order valence-electron chi connectivity index (χ2n) is 6.40. The Bertz CT molecular complexity index is 946. The zero-order valence-corrected chi connectivity index (χ0v) is 16.2. The number of aryl methyl sites for hydroxylation is 1. The van der Waals surface area contributed by atoms with Crippen LogP contribution in [0.25, 0.3) is 22.2 Å². The Labute approximate surface area is 159 Å². The van der Waals surface area contributed by atoms with Crippen LogP contribution >= 0.6 is 0 Å². The van der Waals surface area contributed by atoms with Crippen LogP contribution in [-0.2, 0) is 11.3 Å². The van der Waals surface area contributed by atoms with Crippen molar-refractivity contribution in [2.45, 2.75) is 33.7 Å². The fourth-order valence-electron chi connectivity index (χ4n) is 3.34. The minimum Gasteiger partial charge on any atom is -0.462 e. The number of anilines is 1. The summed E-state index contributed by atoms with van der Waals surface area (Å²) in [5.74, 6) is -0.0784. The number of ether oxygens (including phenoxy) is 1. The molecular weight excluding hydrogens is 342 g/mol. The second kappa shape index (κ2) is 8.35. The Kier molecular flexibility index (Phi) is 5.91. The SMILES string of the molecule is CCOC(=O)c1c(N)n(CCCN(CC)CC)c2nc3ccccc3nc12. The molecule has 0 bridgehead atoms. The molecule has 0 fully saturated rings. The zero-order chi connectivity index (χ0) is 19.4. The molecule has 7 nitrogen and oxygen atoms in total. The zero-order valence-electron chi connectivity index (χ0n) is 16.2. The molecule has 0 radical (unpaired) electrons. The number of aromatic nitrogens is 3. The smallest absolute Gasteiger partial charge is 0.344 e. The van der Waals surface area contributed by atoms with Gasteiger partial charge in [0.05, 0.1) is 17.6 Å². The molecule has 0 aliphatic heterocycles. The highest BCUT2D eigenvalue weighted by atomic mass is 16.5. The van der Waals surface area contributed by atoms with Crippen molar-refractivity contribution in [1.29, 1.82) is 0 Å². The first-order valence-electron chi connectivity index (χ1n) is 9.54. The van der Waals surface area contributed by atoms with Crippen LogP contribution in [0, 0.1) is 0 Å². The molecule has 2 N–H and O–H groups in total. The van der Waals surface area contributed by atoms with Gasteiger partial charge in [-0.2, -0.15) is 0 Å². The Morgan fingerprint density at radius 1 is 1.15 bits per heavy atom. The van der Waals surface area contributed by atoms with E-state index in [1.54, 1.807) is 6.92 Å². The summed E-state index contributed by atoms with van der Waals surface area (Å²) < 4.78 is 7.10. The molecule has 0 amide bonds. The number of esters is 1. The van der Waals surface area contributed by atoms with Gasteiger partial charge in [-0.3, -0.25) is 0 Å². The van der Waals surface area contributed by atoms with Gasteiger partial charge in [-0.1, -0.05) is 26.0 Å². The van der Waals surface area contributed by atoms with E-state index in [0.717, 1.165) is 37.1 Å². The minimum atomic E-state index is -0.452. The van der Waals surface area contributed by atoms with Crippen molar-refractivity contribution in [3.8, 4) is 0 Å². The molecule has 3 aromatic rings. The summed E-state index contributed by atoms with van der Waals surface area (Å²) in [7, 11) is 0. The van der Waals surface area contributed by atoms with Gasteiger partial charge in [0, 0.05) is 6.54 Å². The van der Waals surface area contributed by atoms with Crippen molar-refractivity contribution in [1.82, 2.24) is 19.4 Å². The first kappa shape index (κ1) is 19.1. The lowest BCUT2D eigenvalue weighted by Gasteiger charge is -2.18. The molecule has 0 atom stereocenters. The Morgan fingerprint density at radius 3 is 2.44 bits per heavy atom. The molecule has 7 heteroatoms. The Hall–Kier alpha value is -2.67. The van der Waals surface area contributed by atoms with E-state index in [4.69, 9.17) is 15.5 Å². The van der Waals surface area contributed by atoms with E-state index < -0.39 is 5.97 Å². The first-order chi connectivity index (χ1) is 13.1. The topological polar surface area (TPSA) is 86.3 Å². The van der Waals surface area contributed by atoms with E-state index in [-0.39, 0.29) is 6.61 Å². The number of nitrogens with two attached hydrogens (primary N) is 1. The maximum absolute atomic E-state index is 12.5. The van der Waals surface area contributed by atoms with Gasteiger partial charge in [-0.15, -0.1) is 0 Å². The van der Waals surface area contributed by atoms with Crippen LogP contribution in [0.3, 0.4) is 0 Å². The van der Waals surface area contributed by atoms with E-state index in [2.05, 4.69) is 23.7 Å². The standard InChI is InChI=1S/C20H27N5O2/c1-4-24(5-2)12-9-13-25-18(21)16(20(26)27-6-3)17-19(25)23-15-11-8-7-10-14(15)22-17/h7-8,10-11H,4-6,9,12-13,21H2,1-3H3. The van der Waals surface area contributed by atoms with Gasteiger partial charge in [0.2, 0.25) is 0 Å². The number of rotatable bonds is 8. The summed E-state index contributed by atoms with van der Waals surface area (Å²) in [4.78, 5) is 24.3. The van der Waals surface area contributed by atoms with Crippen molar-refractivity contribution in [3.05, 3.63) is 29.8 Å². The minimum absolute atomic E-state index is 0.286. The van der Waals surface area contributed by atoms with Gasteiger partial charge in [0.25, 0.3) is 0 Å². The monoisotopic (exact) mass is 369 g/mol. The van der Waals surface area contributed by atoms with Crippen LogP contribution in [0.4, 0.5) is 5.82 Å². The van der Waals surface area contributed by atoms with Crippen LogP contribution in [0.15, 0.2) is 24.3 Å². The highest BCUT2D eigenvalue weighted by Gasteiger charge is 2.24. The third-order valence-corrected chi connectivity index (χ3v) is 4.82. The van der Waals surface area contributed by atoms with Crippen molar-refractivity contribution in [2.75, 3.05) is 32.0 Å². The molecule has 0 spiro atoms. The fourth-order valence-corrected chi connectivity index (χ4v) is 3.34. The largest absolute Gasteiger partial charge is 0.462 e. The van der Waals surface area contributed by atoms with Gasteiger partial charge in [-0.25, -0.2) is 14.8 Å². The molecule has 2 aromatic heterocycles. The Morgan fingerprint density at radius 2 is 1.81 bits per heavy atom. The maximum atomic E-state index is 12.5. The van der Waals surface area contributed by atoms with E-state index >= 15 is 0 Å². The van der Waals surface area contributed by atoms with E-state index in [0.29, 0.717) is 29.1 Å². The lowest BCUT2D eigenvalue weighted by Crippen LogP contribution is -2.25. The van der Waals surface area contributed by atoms with Crippen molar-refractivity contribution >= 4 is 34.0 Å². The number of hydrogen-bond donors (Lipinski definition) is 1. The molecule has 0 aliphatic carbocycles. The van der Waals surface area contributed by atoms with Gasteiger partial charge in [0.15, 0.2) is 5.65 Å². The predicted molar refractivity (Wildman–Crippen MR) is 108 cm³/mol. The van der Waals surface area contributed by atoms with Crippen LogP contribution in [0.1, 0.15) is 37.6 Å². The summed E-state index contributed by atoms with van der Waals surface area (Å²) in [6.45, 7) is 10.0. The van der Waals surface area contributed by atoms with Crippen molar-refractivity contribution in [2.24, 2.45) is 0 Å². The van der Waals surface area contributed by atoms with Gasteiger partial charge in [0.1, 0.15) is 16.9 Å². The van der Waals surface area contributed by atoms with Crippen molar-refractivity contribution in [3.63, 3.8) is 0 Å². The maximum Gasteiger partial charge on any atom is 0.344 e. The average molecular weight is 369 g/mol. The fraction of sp³-hybridized carbons (Fsp3) is 0.450. The lowest BCUT2D eigenvalue weighted by molar-refractivity contribution is 0.0529. The third-order valence-electron chi connectivity index (χ3n) is 4.82. The Balaban J connectivity index is 2.06. The van der Waals surface area contributed by atoms with Gasteiger partial charge >= 0.3 is 5.97 Å². The van der Waals surface area contributed by atoms with Crippen LogP contribution in [0.5, 0.6) is 0 Å². The highest BCUT2D eigenvalue weighted by molar-refractivity contribution is 6.08. The molecule has 0 aliphatic rings. The van der Waals surface area contributed by atoms with Gasteiger partial charge < -0.3 is 19.9 Å². The van der Waals surface area contributed by atoms with E-state index in [9.17, 15) is 4.79 Å². The number of fused-ring (bicyclic) bond motifs is 2. The number of hydrogen-bond acceptors (Lipinski definition) is 6. The molecule has 0 saturated heterocycles. The van der Waals surface area contributed by atoms with Crippen LogP contribution in [-0.4, -0.2) is 51.6 Å². The number of nitrogens with zero attached hydrogens (tertiary/aromatic N) is 4. The number of para-hydroxylation sites is 2. The molecule has 2 heterocycles. The molecule has 3 rings (SSSR count). The second-order valence-corrected chi connectivity index (χ2v) is 6.40. The molecule has 1 aromatic carbocycles. The average Bonchev–Trinajstić information content (AvgIpc) is 2.94. The lowest BCUT2D eigenvalue weighted by atomic mass is 10.2. The molecule has 144 valence electrons. The summed E-state index contributed by atoms with van der Waals surface area (Å²) in [5.41, 5.74) is 9.33. The summed E-state index contributed by atoms with van der Waals surface area (Å²) in [6, 6.07) is 7.61. The predicted octanol–water partition coefficient (Wildman–Crippen LogP) is 3.08. The van der Waals surface area contributed by atoms with E-state index in [1.165, 1.54) is 0 Å². The third kappa shape index (κ3) is 3.73. The molecular formula is C20H27N5O2. The summed E-state index contributed by atoms with van der Waals surface area (Å²) in [6.07, 6.45) is 0.909. The van der Waals surface area contributed by atoms with Crippen LogP contribution < -0.4 is 5.73 Å². The number of carbonyl (C=O) groups excluding carboxylic acids is 1. The number of nitrogen functional groups attached to an aromatic ring is 1. The van der Waals surface area contributed by atoms with Crippen LogP contribution in [0.2, 0.25) is 0 Å². The van der Waals surface area contributed by atoms with E-state index in [1.807, 2.05) is 28.8 Å². The highest BCUT2D eigenvalue weighted by Crippen LogP contribution is 2.28. The number of carbonyl (C=O) groups is 1. The van der Waals surface area contributed by atoms with Gasteiger partial charge in [-0.05, 0) is 45.1 Å². The number of benzene rings is 1.